The summed E-state index contributed by atoms with van der Waals surface area (Å²) in [4.78, 5) is 14.8. The molecule has 0 radical (unpaired) electrons. The predicted molar refractivity (Wildman–Crippen MR) is 103 cm³/mol. The van der Waals surface area contributed by atoms with E-state index in [9.17, 15) is 4.79 Å². The molecule has 1 amide bonds. The number of fused-ring (bicyclic) bond motifs is 1. The van der Waals surface area contributed by atoms with E-state index >= 15 is 0 Å². The zero-order valence-electron chi connectivity index (χ0n) is 16.2. The Balaban J connectivity index is 1.95. The van der Waals surface area contributed by atoms with Crippen LogP contribution >= 0.6 is 0 Å². The number of benzene rings is 2. The van der Waals surface area contributed by atoms with Crippen molar-refractivity contribution in [1.29, 1.82) is 0 Å². The Labute approximate surface area is 158 Å². The van der Waals surface area contributed by atoms with E-state index in [1.165, 1.54) is 0 Å². The first-order chi connectivity index (χ1) is 13.0. The van der Waals surface area contributed by atoms with Crippen molar-refractivity contribution >= 4 is 16.9 Å². The van der Waals surface area contributed by atoms with Crippen LogP contribution in [0, 0.1) is 6.92 Å². The fourth-order valence-corrected chi connectivity index (χ4v) is 3.19. The van der Waals surface area contributed by atoms with Crippen molar-refractivity contribution in [1.82, 2.24) is 4.90 Å². The molecule has 0 aliphatic rings. The highest BCUT2D eigenvalue weighted by molar-refractivity contribution is 6.07. The van der Waals surface area contributed by atoms with Crippen LogP contribution in [0.2, 0.25) is 0 Å². The van der Waals surface area contributed by atoms with Gasteiger partial charge in [0.15, 0.2) is 11.5 Å². The van der Waals surface area contributed by atoms with Gasteiger partial charge >= 0.3 is 0 Å². The quantitative estimate of drug-likeness (QED) is 0.656. The van der Waals surface area contributed by atoms with Gasteiger partial charge in [-0.25, -0.2) is 0 Å². The largest absolute Gasteiger partial charge is 0.497 e. The Kier molecular flexibility index (Phi) is 5.26. The Bertz CT molecular complexity index is 976. The summed E-state index contributed by atoms with van der Waals surface area (Å²) in [5, 5.41) is 0.737. The molecule has 1 aromatic heterocycles. The number of para-hydroxylation sites is 1. The zero-order chi connectivity index (χ0) is 19.6. The second kappa shape index (κ2) is 7.61. The van der Waals surface area contributed by atoms with E-state index in [4.69, 9.17) is 18.6 Å². The van der Waals surface area contributed by atoms with Gasteiger partial charge in [0.05, 0.1) is 26.9 Å². The van der Waals surface area contributed by atoms with Crippen LogP contribution in [0.25, 0.3) is 11.0 Å². The third-order valence-corrected chi connectivity index (χ3v) is 4.52. The molecule has 3 rings (SSSR count). The molecule has 0 unspecified atom stereocenters. The first-order valence-electron chi connectivity index (χ1n) is 8.52. The van der Waals surface area contributed by atoms with Crippen LogP contribution in [-0.4, -0.2) is 39.2 Å². The average Bonchev–Trinajstić information content (AvgIpc) is 3.01. The highest BCUT2D eigenvalue weighted by Crippen LogP contribution is 2.33. The Morgan fingerprint density at radius 2 is 1.85 bits per heavy atom. The molecule has 0 aliphatic heterocycles. The Morgan fingerprint density at radius 3 is 2.52 bits per heavy atom. The lowest BCUT2D eigenvalue weighted by molar-refractivity contribution is 0.0784. The summed E-state index contributed by atoms with van der Waals surface area (Å²) in [7, 11) is 6.52. The molecule has 6 heteroatoms. The van der Waals surface area contributed by atoms with Crippen LogP contribution in [-0.2, 0) is 6.54 Å². The maximum atomic E-state index is 13.2. The van der Waals surface area contributed by atoms with Gasteiger partial charge in [-0.3, -0.25) is 4.79 Å². The van der Waals surface area contributed by atoms with Gasteiger partial charge in [0.1, 0.15) is 17.1 Å². The van der Waals surface area contributed by atoms with Crippen molar-refractivity contribution < 1.29 is 23.4 Å². The normalized spacial score (nSPS) is 10.7. The van der Waals surface area contributed by atoms with E-state index in [0.29, 0.717) is 40.7 Å². The van der Waals surface area contributed by atoms with Crippen LogP contribution in [0.1, 0.15) is 21.7 Å². The molecule has 6 nitrogen and oxygen atoms in total. The molecule has 0 saturated carbocycles. The van der Waals surface area contributed by atoms with Crippen molar-refractivity contribution in [2.75, 3.05) is 28.4 Å². The summed E-state index contributed by atoms with van der Waals surface area (Å²) >= 11 is 0. The third kappa shape index (κ3) is 3.43. The molecule has 0 spiro atoms. The Hall–Kier alpha value is -3.15. The van der Waals surface area contributed by atoms with Crippen LogP contribution in [0.3, 0.4) is 0 Å². The smallest absolute Gasteiger partial charge is 0.258 e. The molecule has 0 N–H and O–H groups in total. The topological polar surface area (TPSA) is 61.1 Å². The number of furan rings is 1. The van der Waals surface area contributed by atoms with Gasteiger partial charge < -0.3 is 23.5 Å². The van der Waals surface area contributed by atoms with Crippen LogP contribution in [0.15, 0.2) is 40.8 Å². The van der Waals surface area contributed by atoms with Gasteiger partial charge in [-0.15, -0.1) is 0 Å². The number of amides is 1. The van der Waals surface area contributed by atoms with E-state index in [0.717, 1.165) is 10.9 Å². The fraction of sp³-hybridized carbons (Fsp3) is 0.286. The maximum absolute atomic E-state index is 13.2. The molecular formula is C21H23NO5. The van der Waals surface area contributed by atoms with E-state index in [1.54, 1.807) is 40.2 Å². The van der Waals surface area contributed by atoms with Crippen molar-refractivity contribution in [3.05, 3.63) is 53.3 Å². The number of hydrogen-bond donors (Lipinski definition) is 0. The monoisotopic (exact) mass is 369 g/mol. The van der Waals surface area contributed by atoms with Gasteiger partial charge in [-0.2, -0.15) is 0 Å². The molecule has 0 saturated heterocycles. The molecule has 142 valence electrons. The average molecular weight is 369 g/mol. The van der Waals surface area contributed by atoms with Gasteiger partial charge in [0.2, 0.25) is 0 Å². The lowest BCUT2D eigenvalue weighted by Crippen LogP contribution is -2.26. The summed E-state index contributed by atoms with van der Waals surface area (Å²) in [6.45, 7) is 2.16. The van der Waals surface area contributed by atoms with Crippen LogP contribution in [0.5, 0.6) is 17.2 Å². The molecule has 0 aliphatic carbocycles. The molecule has 1 heterocycles. The summed E-state index contributed by atoms with van der Waals surface area (Å²) in [6.07, 6.45) is 0. The number of ether oxygens (including phenoxy) is 3. The van der Waals surface area contributed by atoms with Crippen molar-refractivity contribution in [3.8, 4) is 17.2 Å². The van der Waals surface area contributed by atoms with E-state index in [-0.39, 0.29) is 5.91 Å². The maximum Gasteiger partial charge on any atom is 0.258 e. The number of aryl methyl sites for hydroxylation is 1. The SMILES string of the molecule is COc1ccc2oc(C)c(C(=O)N(C)Cc3cccc(OC)c3OC)c2c1. The van der Waals surface area contributed by atoms with Gasteiger partial charge in [-0.1, -0.05) is 12.1 Å². The molecule has 0 fully saturated rings. The number of hydrogen-bond acceptors (Lipinski definition) is 5. The lowest BCUT2D eigenvalue weighted by atomic mass is 10.1. The molecule has 0 atom stereocenters. The highest BCUT2D eigenvalue weighted by atomic mass is 16.5. The lowest BCUT2D eigenvalue weighted by Gasteiger charge is -2.20. The van der Waals surface area contributed by atoms with Crippen molar-refractivity contribution in [3.63, 3.8) is 0 Å². The second-order valence-electron chi connectivity index (χ2n) is 6.21. The van der Waals surface area contributed by atoms with Crippen molar-refractivity contribution in [2.24, 2.45) is 0 Å². The first kappa shape index (κ1) is 18.6. The molecular weight excluding hydrogens is 346 g/mol. The Morgan fingerprint density at radius 1 is 1.07 bits per heavy atom. The van der Waals surface area contributed by atoms with E-state index in [1.807, 2.05) is 36.4 Å². The van der Waals surface area contributed by atoms with Crippen LogP contribution in [0.4, 0.5) is 0 Å². The summed E-state index contributed by atoms with van der Waals surface area (Å²) in [5.74, 6) is 2.37. The number of rotatable bonds is 6. The van der Waals surface area contributed by atoms with Crippen molar-refractivity contribution in [2.45, 2.75) is 13.5 Å². The highest BCUT2D eigenvalue weighted by Gasteiger charge is 2.23. The van der Waals surface area contributed by atoms with Gasteiger partial charge in [0.25, 0.3) is 5.91 Å². The summed E-state index contributed by atoms with van der Waals surface area (Å²) in [6, 6.07) is 11.0. The minimum atomic E-state index is -0.135. The van der Waals surface area contributed by atoms with Crippen LogP contribution < -0.4 is 14.2 Å². The molecule has 2 aromatic carbocycles. The minimum Gasteiger partial charge on any atom is -0.497 e. The number of nitrogens with zero attached hydrogens (tertiary/aromatic N) is 1. The molecule has 0 bridgehead atoms. The summed E-state index contributed by atoms with van der Waals surface area (Å²) in [5.41, 5.74) is 2.05. The van der Waals surface area contributed by atoms with Gasteiger partial charge in [-0.05, 0) is 31.2 Å². The first-order valence-corrected chi connectivity index (χ1v) is 8.52. The summed E-state index contributed by atoms with van der Waals surface area (Å²) < 4.78 is 21.8. The zero-order valence-corrected chi connectivity index (χ0v) is 16.2. The van der Waals surface area contributed by atoms with Gasteiger partial charge in [0, 0.05) is 24.5 Å². The predicted octanol–water partition coefficient (Wildman–Crippen LogP) is 4.04. The molecule has 3 aromatic rings. The number of carbonyl (C=O) groups is 1. The third-order valence-electron chi connectivity index (χ3n) is 4.52. The minimum absolute atomic E-state index is 0.135. The standard InChI is InChI=1S/C21H23NO5/c1-13-19(16-11-15(24-3)9-10-17(16)27-13)21(23)22(2)12-14-7-6-8-18(25-4)20(14)26-5/h6-11H,12H2,1-5H3. The fourth-order valence-electron chi connectivity index (χ4n) is 3.19. The number of methoxy groups -OCH3 is 3. The van der Waals surface area contributed by atoms with E-state index in [2.05, 4.69) is 0 Å². The molecule has 27 heavy (non-hydrogen) atoms. The number of carbonyl (C=O) groups excluding carboxylic acids is 1. The second-order valence-corrected chi connectivity index (χ2v) is 6.21. The van der Waals surface area contributed by atoms with E-state index < -0.39 is 0 Å².